The number of rotatable bonds is 9. The van der Waals surface area contributed by atoms with Crippen LogP contribution in [0.5, 0.6) is 0 Å². The Balaban J connectivity index is 2.88. The second-order valence-electron chi connectivity index (χ2n) is 6.94. The van der Waals surface area contributed by atoms with E-state index in [4.69, 9.17) is 9.47 Å². The first kappa shape index (κ1) is 17.7. The molecule has 0 bridgehead atoms. The molecular weight excluding hydrogens is 264 g/mol. The number of hydrogen-bond acceptors (Lipinski definition) is 2. The van der Waals surface area contributed by atoms with E-state index in [2.05, 4.69) is 53.8 Å². The second-order valence-corrected chi connectivity index (χ2v) is 12.1. The van der Waals surface area contributed by atoms with Crippen molar-refractivity contribution < 1.29 is 9.47 Å². The maximum atomic E-state index is 6.04. The van der Waals surface area contributed by atoms with E-state index in [0.717, 1.165) is 13.0 Å². The topological polar surface area (TPSA) is 21.8 Å². The van der Waals surface area contributed by atoms with Crippen LogP contribution >= 0.6 is 0 Å². The molecule has 0 aliphatic carbocycles. The molecule has 1 aliphatic heterocycles. The van der Waals surface area contributed by atoms with Crippen molar-refractivity contribution >= 4 is 8.07 Å². The van der Waals surface area contributed by atoms with Crippen molar-refractivity contribution in [2.24, 2.45) is 0 Å². The summed E-state index contributed by atoms with van der Waals surface area (Å²) in [6.07, 6.45) is 3.73. The first-order chi connectivity index (χ1) is 9.22. The SMILES string of the molecule is C=C(C)C/C(=C/C(C)(C)OC[C@@H]1CO1)[Si](C)(CC)CC. The number of ether oxygens (including phenoxy) is 2. The molecule has 0 saturated carbocycles. The van der Waals surface area contributed by atoms with Crippen LogP contribution in [0.4, 0.5) is 0 Å². The highest BCUT2D eigenvalue weighted by molar-refractivity contribution is 6.85. The molecule has 0 amide bonds. The third kappa shape index (κ3) is 5.55. The Hall–Kier alpha value is -0.383. The molecule has 1 saturated heterocycles. The molecule has 20 heavy (non-hydrogen) atoms. The Kier molecular flexibility index (Phi) is 6.23. The van der Waals surface area contributed by atoms with Gasteiger partial charge in [0.05, 0.1) is 26.9 Å². The van der Waals surface area contributed by atoms with Crippen LogP contribution in [0.15, 0.2) is 23.4 Å². The summed E-state index contributed by atoms with van der Waals surface area (Å²) in [4.78, 5) is 0. The van der Waals surface area contributed by atoms with E-state index in [1.807, 2.05) is 0 Å². The van der Waals surface area contributed by atoms with Crippen LogP contribution in [0.2, 0.25) is 18.6 Å². The van der Waals surface area contributed by atoms with Crippen molar-refractivity contribution in [1.82, 2.24) is 0 Å². The van der Waals surface area contributed by atoms with Crippen molar-refractivity contribution in [1.29, 1.82) is 0 Å². The van der Waals surface area contributed by atoms with Gasteiger partial charge in [0.25, 0.3) is 0 Å². The van der Waals surface area contributed by atoms with Crippen molar-refractivity contribution in [2.75, 3.05) is 13.2 Å². The average molecular weight is 297 g/mol. The van der Waals surface area contributed by atoms with Gasteiger partial charge < -0.3 is 9.47 Å². The van der Waals surface area contributed by atoms with E-state index in [0.29, 0.717) is 12.7 Å². The van der Waals surface area contributed by atoms with Gasteiger partial charge in [0, 0.05) is 0 Å². The van der Waals surface area contributed by atoms with Crippen LogP contribution in [-0.2, 0) is 9.47 Å². The third-order valence-corrected chi connectivity index (χ3v) is 9.39. The lowest BCUT2D eigenvalue weighted by atomic mass is 10.1. The lowest BCUT2D eigenvalue weighted by Crippen LogP contribution is -2.35. The highest BCUT2D eigenvalue weighted by Gasteiger charge is 2.31. The predicted octanol–water partition coefficient (Wildman–Crippen LogP) is 4.73. The normalized spacial score (nSPS) is 20.1. The molecule has 0 aromatic carbocycles. The molecule has 1 atom stereocenters. The van der Waals surface area contributed by atoms with Crippen molar-refractivity contribution in [3.05, 3.63) is 23.4 Å². The minimum absolute atomic E-state index is 0.213. The standard InChI is InChI=1S/C17H32O2Si/c1-8-20(7,9-2)16(10-14(3)4)11-17(5,6)19-13-15-12-18-15/h11,15H,3,8-10,12-13H2,1-2,4-7H3/b16-11-/t15-/m0/s1. The van der Waals surface area contributed by atoms with Crippen LogP contribution in [0.3, 0.4) is 0 Å². The predicted molar refractivity (Wildman–Crippen MR) is 89.9 cm³/mol. The third-order valence-electron chi connectivity index (χ3n) is 4.39. The number of allylic oxidation sites excluding steroid dienone is 2. The van der Waals surface area contributed by atoms with Crippen LogP contribution in [0.1, 0.15) is 41.0 Å². The van der Waals surface area contributed by atoms with Crippen LogP contribution in [0.25, 0.3) is 0 Å². The number of epoxide rings is 1. The fourth-order valence-corrected chi connectivity index (χ4v) is 5.23. The molecule has 0 aromatic heterocycles. The molecule has 0 N–H and O–H groups in total. The van der Waals surface area contributed by atoms with Crippen LogP contribution in [-0.4, -0.2) is 33.0 Å². The van der Waals surface area contributed by atoms with Gasteiger partial charge in [-0.2, -0.15) is 0 Å². The monoisotopic (exact) mass is 296 g/mol. The highest BCUT2D eigenvalue weighted by Crippen LogP contribution is 2.31. The Morgan fingerprint density at radius 1 is 1.40 bits per heavy atom. The minimum atomic E-state index is -1.35. The van der Waals surface area contributed by atoms with Crippen molar-refractivity contribution in [2.45, 2.75) is 71.4 Å². The fraction of sp³-hybridized carbons (Fsp3) is 0.765. The molecule has 1 heterocycles. The first-order valence-corrected chi connectivity index (χ1v) is 10.8. The van der Waals surface area contributed by atoms with Crippen LogP contribution < -0.4 is 0 Å². The highest BCUT2D eigenvalue weighted by atomic mass is 28.3. The summed E-state index contributed by atoms with van der Waals surface area (Å²) in [5.41, 5.74) is 1.04. The maximum absolute atomic E-state index is 6.04. The lowest BCUT2D eigenvalue weighted by molar-refractivity contribution is 0.0105. The summed E-state index contributed by atoms with van der Waals surface area (Å²) in [6, 6.07) is 2.56. The Labute approximate surface area is 126 Å². The molecule has 1 rings (SSSR count). The molecular formula is C17H32O2Si. The van der Waals surface area contributed by atoms with Gasteiger partial charge in [0.15, 0.2) is 0 Å². The largest absolute Gasteiger partial charge is 0.371 e. The van der Waals surface area contributed by atoms with E-state index in [1.165, 1.54) is 17.7 Å². The van der Waals surface area contributed by atoms with Gasteiger partial charge in [-0.15, -0.1) is 0 Å². The molecule has 116 valence electrons. The molecule has 2 nitrogen and oxygen atoms in total. The van der Waals surface area contributed by atoms with E-state index < -0.39 is 8.07 Å². The molecule has 1 fully saturated rings. The summed E-state index contributed by atoms with van der Waals surface area (Å²) >= 11 is 0. The minimum Gasteiger partial charge on any atom is -0.371 e. The maximum Gasteiger partial charge on any atom is 0.104 e. The zero-order chi connectivity index (χ0) is 15.4. The second kappa shape index (κ2) is 7.06. The quantitative estimate of drug-likeness (QED) is 0.348. The molecule has 0 aromatic rings. The number of hydrogen-bond donors (Lipinski definition) is 0. The van der Waals surface area contributed by atoms with E-state index in [1.54, 1.807) is 5.20 Å². The summed E-state index contributed by atoms with van der Waals surface area (Å²) in [6.45, 7) is 19.3. The summed E-state index contributed by atoms with van der Waals surface area (Å²) in [5.74, 6) is 0. The fourth-order valence-electron chi connectivity index (χ4n) is 2.40. The smallest absolute Gasteiger partial charge is 0.104 e. The lowest BCUT2D eigenvalue weighted by Gasteiger charge is -2.32. The van der Waals surface area contributed by atoms with Gasteiger partial charge in [-0.3, -0.25) is 0 Å². The van der Waals surface area contributed by atoms with Gasteiger partial charge >= 0.3 is 0 Å². The van der Waals surface area contributed by atoms with Gasteiger partial charge in [0.2, 0.25) is 0 Å². The van der Waals surface area contributed by atoms with Gasteiger partial charge in [-0.05, 0) is 27.2 Å². The van der Waals surface area contributed by atoms with Crippen LogP contribution in [0, 0.1) is 0 Å². The Morgan fingerprint density at radius 2 is 1.95 bits per heavy atom. The molecule has 0 unspecified atom stereocenters. The summed E-state index contributed by atoms with van der Waals surface area (Å²) in [5, 5.41) is 1.59. The van der Waals surface area contributed by atoms with Crippen molar-refractivity contribution in [3.63, 3.8) is 0 Å². The average Bonchev–Trinajstić information content (AvgIpc) is 3.18. The Bertz CT molecular complexity index is 363. The van der Waals surface area contributed by atoms with E-state index >= 15 is 0 Å². The molecule has 1 aliphatic rings. The zero-order valence-electron chi connectivity index (χ0n) is 14.2. The zero-order valence-corrected chi connectivity index (χ0v) is 15.2. The van der Waals surface area contributed by atoms with Crippen molar-refractivity contribution in [3.8, 4) is 0 Å². The van der Waals surface area contributed by atoms with Gasteiger partial charge in [-0.1, -0.05) is 55.9 Å². The molecule has 0 radical (unpaired) electrons. The molecule has 0 spiro atoms. The molecule has 3 heteroatoms. The van der Waals surface area contributed by atoms with E-state index in [-0.39, 0.29) is 5.60 Å². The Morgan fingerprint density at radius 3 is 2.35 bits per heavy atom. The summed E-state index contributed by atoms with van der Waals surface area (Å²) in [7, 11) is -1.35. The first-order valence-electron chi connectivity index (χ1n) is 7.84. The van der Waals surface area contributed by atoms with Gasteiger partial charge in [-0.25, -0.2) is 0 Å². The summed E-state index contributed by atoms with van der Waals surface area (Å²) < 4.78 is 11.3. The van der Waals surface area contributed by atoms with Gasteiger partial charge in [0.1, 0.15) is 6.10 Å². The van der Waals surface area contributed by atoms with E-state index in [9.17, 15) is 0 Å².